The minimum absolute atomic E-state index is 0.0871. The zero-order valence-electron chi connectivity index (χ0n) is 12.0. The molecular weight excluding hydrogens is 264 g/mol. The molecule has 3 heteroatoms. The van der Waals surface area contributed by atoms with E-state index in [1.54, 1.807) is 12.1 Å². The largest absolute Gasteiger partial charge is 0.508 e. The summed E-state index contributed by atoms with van der Waals surface area (Å²) >= 11 is 0. The van der Waals surface area contributed by atoms with Crippen molar-refractivity contribution in [2.75, 3.05) is 0 Å². The third-order valence-corrected chi connectivity index (χ3v) is 3.55. The molecule has 2 aromatic rings. The van der Waals surface area contributed by atoms with Gasteiger partial charge in [0, 0.05) is 6.07 Å². The minimum atomic E-state index is -0.155. The van der Waals surface area contributed by atoms with Crippen LogP contribution in [0.3, 0.4) is 0 Å². The normalized spacial score (nSPS) is 15.4. The number of ether oxygens (including phenoxy) is 1. The summed E-state index contributed by atoms with van der Waals surface area (Å²) in [5.41, 5.74) is 2.65. The molecule has 0 unspecified atom stereocenters. The number of fused-ring (bicyclic) bond motifs is 1. The number of hydrogen-bond donors (Lipinski definition) is 1. The van der Waals surface area contributed by atoms with Crippen molar-refractivity contribution < 1.29 is 14.6 Å². The number of phenols is 1. The van der Waals surface area contributed by atoms with Crippen LogP contribution in [0.4, 0.5) is 0 Å². The highest BCUT2D eigenvalue weighted by Crippen LogP contribution is 2.34. The van der Waals surface area contributed by atoms with Crippen molar-refractivity contribution in [1.82, 2.24) is 0 Å². The number of Topliss-reactive ketones (excluding diaryl/α,β-unsaturated/α-hetero) is 1. The van der Waals surface area contributed by atoms with Crippen LogP contribution in [0.15, 0.2) is 48.2 Å². The number of allylic oxidation sites excluding steroid dienone is 1. The number of rotatable bonds is 2. The van der Waals surface area contributed by atoms with Gasteiger partial charge in [-0.2, -0.15) is 0 Å². The molecule has 0 spiro atoms. The van der Waals surface area contributed by atoms with Crippen LogP contribution in [0.2, 0.25) is 0 Å². The molecule has 3 nitrogen and oxygen atoms in total. The molecule has 106 valence electrons. The van der Waals surface area contributed by atoms with Crippen LogP contribution < -0.4 is 4.74 Å². The van der Waals surface area contributed by atoms with Crippen molar-refractivity contribution in [3.63, 3.8) is 0 Å². The lowest BCUT2D eigenvalue weighted by Crippen LogP contribution is -1.98. The van der Waals surface area contributed by atoms with E-state index < -0.39 is 0 Å². The summed E-state index contributed by atoms with van der Waals surface area (Å²) in [4.78, 5) is 12.2. The Morgan fingerprint density at radius 3 is 2.48 bits per heavy atom. The first kappa shape index (κ1) is 13.4. The summed E-state index contributed by atoms with van der Waals surface area (Å²) in [5.74, 6) is 1.10. The molecule has 0 saturated carbocycles. The molecule has 2 aromatic carbocycles. The maximum atomic E-state index is 12.2. The van der Waals surface area contributed by atoms with Gasteiger partial charge in [0.15, 0.2) is 5.76 Å². The molecule has 1 N–H and O–H groups in total. The van der Waals surface area contributed by atoms with E-state index in [-0.39, 0.29) is 17.3 Å². The fourth-order valence-electron chi connectivity index (χ4n) is 2.30. The van der Waals surface area contributed by atoms with Crippen LogP contribution in [-0.2, 0) is 0 Å². The summed E-state index contributed by atoms with van der Waals surface area (Å²) in [6.07, 6.45) is 1.73. The van der Waals surface area contributed by atoms with Gasteiger partial charge in [0.05, 0.1) is 5.56 Å². The highest BCUT2D eigenvalue weighted by atomic mass is 16.5. The Morgan fingerprint density at radius 2 is 1.81 bits per heavy atom. The number of ketones is 1. The Hall–Kier alpha value is -2.55. The molecule has 21 heavy (non-hydrogen) atoms. The van der Waals surface area contributed by atoms with E-state index in [1.165, 1.54) is 17.7 Å². The lowest BCUT2D eigenvalue weighted by atomic mass is 10.0. The second-order valence-electron chi connectivity index (χ2n) is 5.44. The third kappa shape index (κ3) is 2.55. The predicted octanol–water partition coefficient (Wildman–Crippen LogP) is 4.13. The van der Waals surface area contributed by atoms with Crippen molar-refractivity contribution >= 4 is 11.9 Å². The van der Waals surface area contributed by atoms with E-state index in [0.29, 0.717) is 17.2 Å². The third-order valence-electron chi connectivity index (χ3n) is 3.55. The van der Waals surface area contributed by atoms with Gasteiger partial charge < -0.3 is 9.84 Å². The average molecular weight is 280 g/mol. The number of phenolic OH excluding ortho intramolecular Hbond substituents is 1. The van der Waals surface area contributed by atoms with E-state index in [4.69, 9.17) is 4.74 Å². The van der Waals surface area contributed by atoms with E-state index >= 15 is 0 Å². The van der Waals surface area contributed by atoms with Gasteiger partial charge in [-0.25, -0.2) is 0 Å². The smallest absolute Gasteiger partial charge is 0.231 e. The highest BCUT2D eigenvalue weighted by Gasteiger charge is 2.27. The standard InChI is InChI=1S/C18H16O3/c1-11(2)13-5-3-12(4-6-13)9-17-18(20)15-8-7-14(19)10-16(15)21-17/h3-11,19H,1-2H3. The summed E-state index contributed by atoms with van der Waals surface area (Å²) < 4.78 is 5.53. The SMILES string of the molecule is CC(C)c1ccc(C=C2Oc3cc(O)ccc3C2=O)cc1. The Morgan fingerprint density at radius 1 is 1.10 bits per heavy atom. The van der Waals surface area contributed by atoms with E-state index in [0.717, 1.165) is 5.56 Å². The minimum Gasteiger partial charge on any atom is -0.508 e. The Bertz CT molecular complexity index is 725. The van der Waals surface area contributed by atoms with Crippen LogP contribution >= 0.6 is 0 Å². The van der Waals surface area contributed by atoms with Crippen molar-refractivity contribution in [3.8, 4) is 11.5 Å². The Labute approximate surface area is 123 Å². The topological polar surface area (TPSA) is 46.5 Å². The van der Waals surface area contributed by atoms with Gasteiger partial charge in [0.1, 0.15) is 11.5 Å². The fraction of sp³-hybridized carbons (Fsp3) is 0.167. The molecule has 0 amide bonds. The summed E-state index contributed by atoms with van der Waals surface area (Å²) in [7, 11) is 0. The second-order valence-corrected chi connectivity index (χ2v) is 5.44. The van der Waals surface area contributed by atoms with Crippen LogP contribution in [0.25, 0.3) is 6.08 Å². The monoisotopic (exact) mass is 280 g/mol. The molecule has 1 aliphatic heterocycles. The lowest BCUT2D eigenvalue weighted by molar-refractivity contribution is 0.101. The second kappa shape index (κ2) is 5.09. The Balaban J connectivity index is 1.90. The van der Waals surface area contributed by atoms with Crippen molar-refractivity contribution in [2.24, 2.45) is 0 Å². The van der Waals surface area contributed by atoms with E-state index in [9.17, 15) is 9.90 Å². The summed E-state index contributed by atoms with van der Waals surface area (Å²) in [5, 5.41) is 9.43. The van der Waals surface area contributed by atoms with Crippen LogP contribution in [0.5, 0.6) is 11.5 Å². The predicted molar refractivity (Wildman–Crippen MR) is 81.6 cm³/mol. The zero-order chi connectivity index (χ0) is 15.0. The molecule has 1 aliphatic rings. The van der Waals surface area contributed by atoms with Crippen LogP contribution in [-0.4, -0.2) is 10.9 Å². The molecule has 0 atom stereocenters. The van der Waals surface area contributed by atoms with Gasteiger partial charge in [-0.3, -0.25) is 4.79 Å². The molecular formula is C18H16O3. The van der Waals surface area contributed by atoms with Crippen molar-refractivity contribution in [1.29, 1.82) is 0 Å². The van der Waals surface area contributed by atoms with Crippen molar-refractivity contribution in [3.05, 3.63) is 64.9 Å². The van der Waals surface area contributed by atoms with Crippen molar-refractivity contribution in [2.45, 2.75) is 19.8 Å². The van der Waals surface area contributed by atoms with Crippen LogP contribution in [0, 0.1) is 0 Å². The first-order chi connectivity index (χ1) is 10.0. The molecule has 0 fully saturated rings. The van der Waals surface area contributed by atoms with Gasteiger partial charge in [-0.15, -0.1) is 0 Å². The van der Waals surface area contributed by atoms with Gasteiger partial charge in [-0.1, -0.05) is 38.1 Å². The number of aromatic hydroxyl groups is 1. The number of carbonyl (C=O) groups excluding carboxylic acids is 1. The molecule has 0 aliphatic carbocycles. The molecule has 0 bridgehead atoms. The number of carbonyl (C=O) groups is 1. The quantitative estimate of drug-likeness (QED) is 0.841. The average Bonchev–Trinajstić information content (AvgIpc) is 2.75. The molecule has 0 aromatic heterocycles. The maximum Gasteiger partial charge on any atom is 0.231 e. The Kier molecular flexibility index (Phi) is 3.26. The van der Waals surface area contributed by atoms with Gasteiger partial charge in [0.2, 0.25) is 5.78 Å². The zero-order valence-corrected chi connectivity index (χ0v) is 12.0. The first-order valence-corrected chi connectivity index (χ1v) is 6.92. The number of benzene rings is 2. The molecule has 1 heterocycles. The molecule has 3 rings (SSSR count). The molecule has 0 radical (unpaired) electrons. The first-order valence-electron chi connectivity index (χ1n) is 6.92. The summed E-state index contributed by atoms with van der Waals surface area (Å²) in [6.45, 7) is 4.28. The van der Waals surface area contributed by atoms with Gasteiger partial charge >= 0.3 is 0 Å². The molecule has 0 saturated heterocycles. The van der Waals surface area contributed by atoms with Gasteiger partial charge in [-0.05, 0) is 35.3 Å². The fourth-order valence-corrected chi connectivity index (χ4v) is 2.30. The van der Waals surface area contributed by atoms with E-state index in [2.05, 4.69) is 26.0 Å². The number of hydrogen-bond acceptors (Lipinski definition) is 3. The highest BCUT2D eigenvalue weighted by molar-refractivity contribution is 6.14. The maximum absolute atomic E-state index is 12.2. The summed E-state index contributed by atoms with van der Waals surface area (Å²) in [6, 6.07) is 12.6. The van der Waals surface area contributed by atoms with Crippen LogP contribution in [0.1, 0.15) is 41.3 Å². The lowest BCUT2D eigenvalue weighted by Gasteiger charge is -2.05. The van der Waals surface area contributed by atoms with Gasteiger partial charge in [0.25, 0.3) is 0 Å². The van der Waals surface area contributed by atoms with E-state index in [1.807, 2.05) is 12.1 Å².